The average molecular weight is 469 g/mol. The summed E-state index contributed by atoms with van der Waals surface area (Å²) in [5.41, 5.74) is 3.02. The van der Waals surface area contributed by atoms with Crippen LogP contribution in [0.2, 0.25) is 0 Å². The van der Waals surface area contributed by atoms with Gasteiger partial charge in [0.25, 0.3) is 10.0 Å². The van der Waals surface area contributed by atoms with E-state index in [0.717, 1.165) is 21.8 Å². The van der Waals surface area contributed by atoms with Gasteiger partial charge in [0.05, 0.1) is 16.3 Å². The number of amides is 1. The first-order valence-electron chi connectivity index (χ1n) is 10.6. The first-order valence-corrected chi connectivity index (χ1v) is 13.0. The van der Waals surface area contributed by atoms with Crippen LogP contribution in [0.4, 0.5) is 11.4 Å². The van der Waals surface area contributed by atoms with Gasteiger partial charge in [0.2, 0.25) is 5.91 Å². The van der Waals surface area contributed by atoms with Crippen LogP contribution in [0.3, 0.4) is 0 Å². The molecule has 7 heteroatoms. The molecule has 32 heavy (non-hydrogen) atoms. The lowest BCUT2D eigenvalue weighted by Crippen LogP contribution is -2.38. The Bertz CT molecular complexity index is 1180. The summed E-state index contributed by atoms with van der Waals surface area (Å²) in [5, 5.41) is 2.90. The van der Waals surface area contributed by atoms with E-state index in [1.54, 1.807) is 48.2 Å². The zero-order valence-electron chi connectivity index (χ0n) is 18.5. The summed E-state index contributed by atoms with van der Waals surface area (Å²) in [4.78, 5) is 14.2. The van der Waals surface area contributed by atoms with Crippen molar-refractivity contribution in [3.63, 3.8) is 0 Å². The van der Waals surface area contributed by atoms with Gasteiger partial charge in [-0.15, -0.1) is 11.8 Å². The molecule has 168 valence electrons. The van der Waals surface area contributed by atoms with Crippen LogP contribution in [0.1, 0.15) is 25.0 Å². The van der Waals surface area contributed by atoms with Crippen molar-refractivity contribution in [2.45, 2.75) is 37.0 Å². The van der Waals surface area contributed by atoms with E-state index in [0.29, 0.717) is 17.8 Å². The number of hydrogen-bond donors (Lipinski definition) is 1. The van der Waals surface area contributed by atoms with Crippen molar-refractivity contribution in [1.82, 2.24) is 0 Å². The van der Waals surface area contributed by atoms with E-state index < -0.39 is 15.9 Å². The highest BCUT2D eigenvalue weighted by molar-refractivity contribution is 7.99. The molecule has 3 aromatic carbocycles. The number of carbonyl (C=O) groups is 1. The molecule has 5 nitrogen and oxygen atoms in total. The molecule has 1 amide bonds. The monoisotopic (exact) mass is 468 g/mol. The van der Waals surface area contributed by atoms with E-state index >= 15 is 0 Å². The van der Waals surface area contributed by atoms with Gasteiger partial charge in [-0.1, -0.05) is 61.9 Å². The highest BCUT2D eigenvalue weighted by Crippen LogP contribution is 2.29. The van der Waals surface area contributed by atoms with Crippen LogP contribution < -0.4 is 9.62 Å². The lowest BCUT2D eigenvalue weighted by molar-refractivity contribution is -0.114. The summed E-state index contributed by atoms with van der Waals surface area (Å²) in [5.74, 6) is 0.473. The van der Waals surface area contributed by atoms with Crippen LogP contribution in [0.25, 0.3) is 0 Å². The lowest BCUT2D eigenvalue weighted by Gasteiger charge is -2.26. The summed E-state index contributed by atoms with van der Waals surface area (Å²) < 4.78 is 28.4. The van der Waals surface area contributed by atoms with Crippen molar-refractivity contribution in [3.05, 3.63) is 83.9 Å². The number of sulfonamides is 1. The third-order valence-electron chi connectivity index (χ3n) is 5.00. The van der Waals surface area contributed by atoms with Crippen molar-refractivity contribution < 1.29 is 13.2 Å². The van der Waals surface area contributed by atoms with Gasteiger partial charge >= 0.3 is 0 Å². The standard InChI is InChI=1S/C25H28N2O3S2/c1-4-20-10-6-8-12-23(20)27(32(29,30)21-16-14-19(3)15-17-21)18-25(28)26-22-11-7-9-13-24(22)31-5-2/h6-17H,4-5,18H2,1-3H3,(H,26,28). The van der Waals surface area contributed by atoms with Gasteiger partial charge < -0.3 is 5.32 Å². The molecule has 0 atom stereocenters. The van der Waals surface area contributed by atoms with E-state index in [4.69, 9.17) is 0 Å². The van der Waals surface area contributed by atoms with Gasteiger partial charge in [-0.05, 0) is 55.0 Å². The van der Waals surface area contributed by atoms with Gasteiger partial charge in [-0.3, -0.25) is 9.10 Å². The fourth-order valence-electron chi connectivity index (χ4n) is 3.36. The topological polar surface area (TPSA) is 66.5 Å². The summed E-state index contributed by atoms with van der Waals surface area (Å²) in [6, 6.07) is 21.5. The Kier molecular flexibility index (Phi) is 7.99. The Labute approximate surface area is 194 Å². The summed E-state index contributed by atoms with van der Waals surface area (Å²) in [6.07, 6.45) is 0.647. The quantitative estimate of drug-likeness (QED) is 0.421. The first-order chi connectivity index (χ1) is 15.4. The van der Waals surface area contributed by atoms with Crippen LogP contribution in [-0.4, -0.2) is 26.6 Å². The van der Waals surface area contributed by atoms with Crippen LogP contribution >= 0.6 is 11.8 Å². The number of anilines is 2. The maximum Gasteiger partial charge on any atom is 0.264 e. The number of nitrogens with zero attached hydrogens (tertiary/aromatic N) is 1. The molecule has 3 aromatic rings. The molecule has 0 saturated carbocycles. The molecule has 0 spiro atoms. The van der Waals surface area contributed by atoms with E-state index in [9.17, 15) is 13.2 Å². The second-order valence-electron chi connectivity index (χ2n) is 7.28. The molecular formula is C25H28N2O3S2. The van der Waals surface area contributed by atoms with E-state index in [2.05, 4.69) is 5.32 Å². The number of hydrogen-bond acceptors (Lipinski definition) is 4. The zero-order valence-corrected chi connectivity index (χ0v) is 20.2. The number of benzene rings is 3. The van der Waals surface area contributed by atoms with Crippen LogP contribution in [0.15, 0.2) is 82.6 Å². The molecule has 0 heterocycles. The normalized spacial score (nSPS) is 11.2. The summed E-state index contributed by atoms with van der Waals surface area (Å²) in [6.45, 7) is 5.59. The molecule has 0 aliphatic heterocycles. The Morgan fingerprint density at radius 2 is 1.59 bits per heavy atom. The molecular weight excluding hydrogens is 440 g/mol. The maximum absolute atomic E-state index is 13.6. The van der Waals surface area contributed by atoms with Crippen molar-refractivity contribution in [3.8, 4) is 0 Å². The number of aryl methyl sites for hydroxylation is 2. The molecule has 0 fully saturated rings. The minimum absolute atomic E-state index is 0.156. The molecule has 0 aliphatic rings. The SMILES string of the molecule is CCSc1ccccc1NC(=O)CN(c1ccccc1CC)S(=O)(=O)c1ccc(C)cc1. The van der Waals surface area contributed by atoms with Crippen LogP contribution in [-0.2, 0) is 21.2 Å². The molecule has 0 aromatic heterocycles. The maximum atomic E-state index is 13.6. The number of carbonyl (C=O) groups excluding carboxylic acids is 1. The number of nitrogens with one attached hydrogen (secondary N) is 1. The molecule has 3 rings (SSSR count). The lowest BCUT2D eigenvalue weighted by atomic mass is 10.1. The fourth-order valence-corrected chi connectivity index (χ4v) is 5.58. The summed E-state index contributed by atoms with van der Waals surface area (Å²) in [7, 11) is -3.94. The minimum Gasteiger partial charge on any atom is -0.323 e. The largest absolute Gasteiger partial charge is 0.323 e. The molecule has 0 aliphatic carbocycles. The smallest absolute Gasteiger partial charge is 0.264 e. The number of rotatable bonds is 9. The van der Waals surface area contributed by atoms with E-state index in [-0.39, 0.29) is 11.4 Å². The zero-order chi connectivity index (χ0) is 23.1. The summed E-state index contributed by atoms with van der Waals surface area (Å²) >= 11 is 1.62. The predicted octanol–water partition coefficient (Wildman–Crippen LogP) is 5.50. The van der Waals surface area contributed by atoms with Gasteiger partial charge in [0, 0.05) is 4.90 Å². The molecule has 0 unspecified atom stereocenters. The minimum atomic E-state index is -3.94. The Morgan fingerprint density at radius 3 is 2.28 bits per heavy atom. The van der Waals surface area contributed by atoms with Crippen molar-refractivity contribution in [1.29, 1.82) is 0 Å². The van der Waals surface area contributed by atoms with Crippen LogP contribution in [0.5, 0.6) is 0 Å². The van der Waals surface area contributed by atoms with E-state index in [1.165, 1.54) is 4.31 Å². The molecule has 1 N–H and O–H groups in total. The Morgan fingerprint density at radius 1 is 0.938 bits per heavy atom. The Hall–Kier alpha value is -2.77. The van der Waals surface area contributed by atoms with Gasteiger partial charge in [-0.2, -0.15) is 0 Å². The van der Waals surface area contributed by atoms with Gasteiger partial charge in [0.15, 0.2) is 0 Å². The van der Waals surface area contributed by atoms with Gasteiger partial charge in [0.1, 0.15) is 6.54 Å². The highest BCUT2D eigenvalue weighted by Gasteiger charge is 2.28. The molecule has 0 radical (unpaired) electrons. The molecule has 0 saturated heterocycles. The third kappa shape index (κ3) is 5.53. The number of para-hydroxylation sites is 2. The number of thioether (sulfide) groups is 1. The second-order valence-corrected chi connectivity index (χ2v) is 10.5. The predicted molar refractivity (Wildman–Crippen MR) is 133 cm³/mol. The van der Waals surface area contributed by atoms with E-state index in [1.807, 2.05) is 57.2 Å². The highest BCUT2D eigenvalue weighted by atomic mass is 32.2. The fraction of sp³-hybridized carbons (Fsp3) is 0.240. The molecule has 0 bridgehead atoms. The second kappa shape index (κ2) is 10.7. The Balaban J connectivity index is 1.98. The van der Waals surface area contributed by atoms with Gasteiger partial charge in [-0.25, -0.2) is 8.42 Å². The first kappa shape index (κ1) is 23.9. The third-order valence-corrected chi connectivity index (χ3v) is 7.73. The average Bonchev–Trinajstić information content (AvgIpc) is 2.79. The van der Waals surface area contributed by atoms with Crippen LogP contribution in [0, 0.1) is 6.92 Å². The van der Waals surface area contributed by atoms with Crippen molar-refractivity contribution in [2.24, 2.45) is 0 Å². The van der Waals surface area contributed by atoms with Crippen molar-refractivity contribution >= 4 is 39.1 Å². The van der Waals surface area contributed by atoms with Crippen molar-refractivity contribution in [2.75, 3.05) is 21.9 Å².